The quantitative estimate of drug-likeness (QED) is 0.573. The first kappa shape index (κ1) is 16.8. The van der Waals surface area contributed by atoms with Crippen molar-refractivity contribution in [3.63, 3.8) is 0 Å². The van der Waals surface area contributed by atoms with Crippen molar-refractivity contribution in [2.45, 2.75) is 39.3 Å². The summed E-state index contributed by atoms with van der Waals surface area (Å²) in [6.07, 6.45) is 0. The molecule has 6 heteroatoms. The van der Waals surface area contributed by atoms with Crippen LogP contribution in [0.4, 0.5) is 0 Å². The normalized spacial score (nSPS) is 13.8. The predicted octanol–water partition coefficient (Wildman–Crippen LogP) is 3.64. The SMILES string of the molecule is C[Si](C)(Cl)c1cc([Si](C)(C)Cl)cc([Si](C)(C)Cl)c1. The molecule has 1 aromatic carbocycles. The highest BCUT2D eigenvalue weighted by molar-refractivity contribution is 7.29. The molecule has 0 nitrogen and oxygen atoms in total. The van der Waals surface area contributed by atoms with E-state index in [-0.39, 0.29) is 0 Å². The smallest absolute Gasteiger partial charge is 0.162 e. The van der Waals surface area contributed by atoms with Gasteiger partial charge in [-0.3, -0.25) is 0 Å². The molecule has 0 aliphatic carbocycles. The van der Waals surface area contributed by atoms with Crippen LogP contribution in [0.3, 0.4) is 0 Å². The van der Waals surface area contributed by atoms with E-state index in [9.17, 15) is 0 Å². The Morgan fingerprint density at radius 1 is 0.556 bits per heavy atom. The zero-order valence-electron chi connectivity index (χ0n) is 11.9. The zero-order chi connectivity index (χ0) is 14.4. The van der Waals surface area contributed by atoms with Crippen LogP contribution in [0.2, 0.25) is 39.3 Å². The average Bonchev–Trinajstić information content (AvgIpc) is 2.13. The van der Waals surface area contributed by atoms with Crippen LogP contribution in [0, 0.1) is 0 Å². The van der Waals surface area contributed by atoms with Gasteiger partial charge in [0.1, 0.15) is 0 Å². The Morgan fingerprint density at radius 3 is 0.833 bits per heavy atom. The van der Waals surface area contributed by atoms with Gasteiger partial charge in [0.15, 0.2) is 22.2 Å². The van der Waals surface area contributed by atoms with Gasteiger partial charge >= 0.3 is 0 Å². The summed E-state index contributed by atoms with van der Waals surface area (Å²) in [5.41, 5.74) is 0. The van der Waals surface area contributed by atoms with Crippen molar-refractivity contribution in [3.8, 4) is 0 Å². The predicted molar refractivity (Wildman–Crippen MR) is 95.3 cm³/mol. The van der Waals surface area contributed by atoms with E-state index in [4.69, 9.17) is 33.2 Å². The molecule has 0 heterocycles. The Hall–Kier alpha value is 0.741. The second kappa shape index (κ2) is 5.26. The van der Waals surface area contributed by atoms with Crippen molar-refractivity contribution in [1.29, 1.82) is 0 Å². The summed E-state index contributed by atoms with van der Waals surface area (Å²) in [6.45, 7) is 12.9. The third kappa shape index (κ3) is 4.39. The van der Waals surface area contributed by atoms with E-state index in [2.05, 4.69) is 57.5 Å². The Kier molecular flexibility index (Phi) is 4.91. The molecule has 0 aromatic heterocycles. The van der Waals surface area contributed by atoms with Gasteiger partial charge in [-0.2, -0.15) is 33.2 Å². The van der Waals surface area contributed by atoms with Gasteiger partial charge in [0, 0.05) is 0 Å². The maximum absolute atomic E-state index is 6.59. The molecule has 0 N–H and O–H groups in total. The molecule has 0 spiro atoms. The van der Waals surface area contributed by atoms with Gasteiger partial charge in [-0.15, -0.1) is 0 Å². The number of halogens is 3. The van der Waals surface area contributed by atoms with Crippen molar-refractivity contribution >= 4 is 70.9 Å². The number of hydrogen-bond acceptors (Lipinski definition) is 0. The topological polar surface area (TPSA) is 0 Å². The van der Waals surface area contributed by atoms with Crippen molar-refractivity contribution in [1.82, 2.24) is 0 Å². The number of rotatable bonds is 3. The van der Waals surface area contributed by atoms with Crippen LogP contribution >= 0.6 is 33.2 Å². The molecular weight excluding hydrogens is 335 g/mol. The fraction of sp³-hybridized carbons (Fsp3) is 0.500. The first-order valence-electron chi connectivity index (χ1n) is 6.05. The molecule has 0 radical (unpaired) electrons. The lowest BCUT2D eigenvalue weighted by atomic mass is 10.3. The highest BCUT2D eigenvalue weighted by atomic mass is 35.6. The van der Waals surface area contributed by atoms with Crippen LogP contribution in [0.15, 0.2) is 18.2 Å². The molecule has 0 atom stereocenters. The van der Waals surface area contributed by atoms with Crippen molar-refractivity contribution in [3.05, 3.63) is 18.2 Å². The van der Waals surface area contributed by atoms with Gasteiger partial charge in [0.25, 0.3) is 0 Å². The van der Waals surface area contributed by atoms with Crippen LogP contribution in [-0.2, 0) is 0 Å². The van der Waals surface area contributed by atoms with Crippen LogP contribution in [-0.4, -0.2) is 22.2 Å². The van der Waals surface area contributed by atoms with Gasteiger partial charge in [0.05, 0.1) is 0 Å². The van der Waals surface area contributed by atoms with Crippen LogP contribution in [0.1, 0.15) is 0 Å². The molecule has 0 saturated carbocycles. The molecular formula is C12H21Cl3Si3. The van der Waals surface area contributed by atoms with Gasteiger partial charge in [-0.05, 0) is 15.6 Å². The van der Waals surface area contributed by atoms with Crippen LogP contribution in [0.5, 0.6) is 0 Å². The van der Waals surface area contributed by atoms with E-state index in [1.165, 1.54) is 15.6 Å². The first-order chi connectivity index (χ1) is 7.82. The highest BCUT2D eigenvalue weighted by Gasteiger charge is 2.30. The Morgan fingerprint density at radius 2 is 0.722 bits per heavy atom. The summed E-state index contributed by atoms with van der Waals surface area (Å²) in [7, 11) is -5.56. The lowest BCUT2D eigenvalue weighted by Crippen LogP contribution is -2.49. The lowest BCUT2D eigenvalue weighted by molar-refractivity contribution is 1.76. The zero-order valence-corrected chi connectivity index (χ0v) is 17.1. The molecule has 0 fully saturated rings. The van der Waals surface area contributed by atoms with Crippen LogP contribution in [0.25, 0.3) is 0 Å². The van der Waals surface area contributed by atoms with Gasteiger partial charge in [-0.1, -0.05) is 57.5 Å². The van der Waals surface area contributed by atoms with Gasteiger partial charge in [-0.25, -0.2) is 0 Å². The summed E-state index contributed by atoms with van der Waals surface area (Å²) in [5.74, 6) is 0. The molecule has 0 aliphatic rings. The van der Waals surface area contributed by atoms with Gasteiger partial charge in [0.2, 0.25) is 0 Å². The van der Waals surface area contributed by atoms with Gasteiger partial charge < -0.3 is 0 Å². The average molecular weight is 356 g/mol. The molecule has 18 heavy (non-hydrogen) atoms. The summed E-state index contributed by atoms with van der Waals surface area (Å²) in [6, 6.07) is 6.62. The third-order valence-corrected chi connectivity index (χ3v) is 9.94. The minimum absolute atomic E-state index is 1.25. The molecule has 0 aliphatic heterocycles. The minimum Gasteiger partial charge on any atom is -0.162 e. The monoisotopic (exact) mass is 354 g/mol. The highest BCUT2D eigenvalue weighted by Crippen LogP contribution is 2.14. The maximum atomic E-state index is 6.59. The molecule has 102 valence electrons. The maximum Gasteiger partial charge on any atom is 0.180 e. The van der Waals surface area contributed by atoms with Crippen molar-refractivity contribution < 1.29 is 0 Å². The second-order valence-corrected chi connectivity index (χ2v) is 25.3. The molecule has 0 saturated heterocycles. The second-order valence-electron chi connectivity index (χ2n) is 6.22. The fourth-order valence-corrected chi connectivity index (χ4v) is 6.06. The van der Waals surface area contributed by atoms with E-state index in [0.717, 1.165) is 0 Å². The standard InChI is InChI=1S/C12H21Cl3Si3/c1-16(2,13)10-7-11(17(3,4)14)9-12(8-10)18(5,6)15/h7-9H,1-6H3. The lowest BCUT2D eigenvalue weighted by Gasteiger charge is -2.24. The van der Waals surface area contributed by atoms with E-state index >= 15 is 0 Å². The third-order valence-electron chi connectivity index (χ3n) is 2.99. The summed E-state index contributed by atoms with van der Waals surface area (Å²) < 4.78 is 0. The van der Waals surface area contributed by atoms with E-state index < -0.39 is 22.2 Å². The largest absolute Gasteiger partial charge is 0.180 e. The van der Waals surface area contributed by atoms with E-state index in [1.54, 1.807) is 0 Å². The molecule has 0 unspecified atom stereocenters. The number of hydrogen-bond donors (Lipinski definition) is 0. The van der Waals surface area contributed by atoms with Crippen LogP contribution < -0.4 is 15.6 Å². The Balaban J connectivity index is 3.49. The first-order valence-corrected chi connectivity index (χ1v) is 18.1. The van der Waals surface area contributed by atoms with Crippen molar-refractivity contribution in [2.75, 3.05) is 0 Å². The van der Waals surface area contributed by atoms with Crippen molar-refractivity contribution in [2.24, 2.45) is 0 Å². The molecule has 1 aromatic rings. The Bertz CT molecular complexity index is 360. The summed E-state index contributed by atoms with van der Waals surface area (Å²) >= 11 is 19.8. The molecule has 1 rings (SSSR count). The van der Waals surface area contributed by atoms with E-state index in [0.29, 0.717) is 0 Å². The molecule has 0 amide bonds. The summed E-state index contributed by atoms with van der Waals surface area (Å²) in [5, 5.41) is 3.75. The fourth-order valence-electron chi connectivity index (χ4n) is 1.66. The van der Waals surface area contributed by atoms with E-state index in [1.807, 2.05) is 0 Å². The number of benzene rings is 1. The molecule has 0 bridgehead atoms. The summed E-state index contributed by atoms with van der Waals surface area (Å²) in [4.78, 5) is 0. The minimum atomic E-state index is -1.85. The Labute approximate surface area is 128 Å².